The highest BCUT2D eigenvalue weighted by atomic mass is 35.5. The number of aromatic amines is 1. The number of phenols is 2. The van der Waals surface area contributed by atoms with Gasteiger partial charge >= 0.3 is 0 Å². The van der Waals surface area contributed by atoms with Gasteiger partial charge in [-0.15, -0.1) is 12.4 Å². The number of aromatic hydroxyl groups is 2. The summed E-state index contributed by atoms with van der Waals surface area (Å²) in [5.41, 5.74) is 2.82. The number of H-pyrrole nitrogens is 1. The quantitative estimate of drug-likeness (QED) is 0.231. The molecular weight excluding hydrogens is 487 g/mol. The highest BCUT2D eigenvalue weighted by molar-refractivity contribution is 7.85. The first kappa shape index (κ1) is 22.9. The summed E-state index contributed by atoms with van der Waals surface area (Å²) in [6, 6.07) is 17.9. The summed E-state index contributed by atoms with van der Waals surface area (Å²) in [6.07, 6.45) is 0. The Hall–Kier alpha value is -3.30. The summed E-state index contributed by atoms with van der Waals surface area (Å²) in [7, 11) is -4.48. The number of imidazole rings is 1. The molecule has 10 heteroatoms. The second kappa shape index (κ2) is 8.24. The lowest BCUT2D eigenvalue weighted by molar-refractivity contribution is 0.471. The minimum absolute atomic E-state index is 0. The Balaban J connectivity index is 0.00000259. The zero-order chi connectivity index (χ0) is 22.6. The summed E-state index contributed by atoms with van der Waals surface area (Å²) in [5, 5.41) is 22.7. The number of hydrogen-bond acceptors (Lipinski definition) is 5. The molecule has 1 aromatic heterocycles. The van der Waals surface area contributed by atoms with Crippen LogP contribution in [0.1, 0.15) is 0 Å². The highest BCUT2D eigenvalue weighted by Gasteiger charge is 2.19. The molecule has 0 saturated carbocycles. The van der Waals surface area contributed by atoms with Crippen molar-refractivity contribution in [1.29, 1.82) is 0 Å². The Bertz CT molecular complexity index is 1630. The lowest BCUT2D eigenvalue weighted by Gasteiger charge is -2.08. The van der Waals surface area contributed by atoms with Crippen LogP contribution in [-0.2, 0) is 10.1 Å². The van der Waals surface area contributed by atoms with Gasteiger partial charge in [-0.1, -0.05) is 41.9 Å². The van der Waals surface area contributed by atoms with Crippen molar-refractivity contribution >= 4 is 55.9 Å². The van der Waals surface area contributed by atoms with Gasteiger partial charge in [-0.25, -0.2) is 4.98 Å². The molecule has 0 aliphatic heterocycles. The third-order valence-electron chi connectivity index (χ3n) is 5.26. The number of aromatic nitrogens is 2. The van der Waals surface area contributed by atoms with Gasteiger partial charge in [-0.3, -0.25) is 4.55 Å². The van der Waals surface area contributed by atoms with Crippen molar-refractivity contribution < 1.29 is 23.2 Å². The number of phenolic OH excluding ortho intramolecular Hbond substituents is 2. The number of nitrogens with zero attached hydrogens (tertiary/aromatic N) is 1. The number of benzene rings is 4. The maximum atomic E-state index is 11.5. The van der Waals surface area contributed by atoms with E-state index >= 15 is 0 Å². The van der Waals surface area contributed by atoms with Crippen LogP contribution in [0.5, 0.6) is 11.5 Å². The van der Waals surface area contributed by atoms with Gasteiger partial charge in [0.05, 0.1) is 21.4 Å². The van der Waals surface area contributed by atoms with Crippen molar-refractivity contribution in [2.75, 3.05) is 0 Å². The first-order chi connectivity index (χ1) is 15.2. The molecule has 0 aliphatic carbocycles. The number of halogens is 2. The van der Waals surface area contributed by atoms with E-state index in [-0.39, 0.29) is 23.9 Å². The molecule has 1 heterocycles. The second-order valence-electron chi connectivity index (χ2n) is 7.27. The molecule has 33 heavy (non-hydrogen) atoms. The van der Waals surface area contributed by atoms with Crippen molar-refractivity contribution in [1.82, 2.24) is 9.97 Å². The highest BCUT2D eigenvalue weighted by Crippen LogP contribution is 2.40. The first-order valence-corrected chi connectivity index (χ1v) is 11.3. The van der Waals surface area contributed by atoms with Crippen LogP contribution in [0, 0.1) is 0 Å². The molecule has 7 nitrogen and oxygen atoms in total. The number of hydrogen-bond donors (Lipinski definition) is 4. The topological polar surface area (TPSA) is 124 Å². The van der Waals surface area contributed by atoms with Gasteiger partial charge in [0.1, 0.15) is 22.8 Å². The third-order valence-corrected chi connectivity index (χ3v) is 6.35. The van der Waals surface area contributed by atoms with E-state index in [9.17, 15) is 23.2 Å². The molecule has 0 fully saturated rings. The second-order valence-corrected chi connectivity index (χ2v) is 9.13. The van der Waals surface area contributed by atoms with Crippen LogP contribution in [-0.4, -0.2) is 33.2 Å². The van der Waals surface area contributed by atoms with Crippen LogP contribution in [0.2, 0.25) is 5.02 Å². The van der Waals surface area contributed by atoms with E-state index < -0.39 is 15.0 Å². The molecule has 0 saturated heterocycles. The maximum absolute atomic E-state index is 11.5. The number of nitrogens with one attached hydrogen (secondary N) is 1. The van der Waals surface area contributed by atoms with Crippen LogP contribution in [0.25, 0.3) is 44.3 Å². The Labute approximate surface area is 199 Å². The zero-order valence-electron chi connectivity index (χ0n) is 16.7. The molecule has 0 aliphatic rings. The van der Waals surface area contributed by atoms with Crippen molar-refractivity contribution in [2.45, 2.75) is 4.90 Å². The van der Waals surface area contributed by atoms with E-state index in [1.165, 1.54) is 6.07 Å². The van der Waals surface area contributed by atoms with Gasteiger partial charge in [0.15, 0.2) is 0 Å². The molecule has 5 rings (SSSR count). The predicted molar refractivity (Wildman–Crippen MR) is 130 cm³/mol. The standard InChI is InChI=1S/C23H15ClN2O5S.ClH/c24-14-7-4-12(5-8-14)16-2-1-3-17(22(16)28)23-25-18-9-6-13-10-15(32(29,30)31)11-19(27)20(13)21(18)26-23;/h1-11,27-28H,(H,25,26)(H,29,30,31);1H. The Morgan fingerprint density at radius 3 is 2.30 bits per heavy atom. The average Bonchev–Trinajstić information content (AvgIpc) is 3.18. The maximum Gasteiger partial charge on any atom is 0.294 e. The normalized spacial score (nSPS) is 11.6. The molecule has 0 bridgehead atoms. The van der Waals surface area contributed by atoms with Gasteiger partial charge in [0, 0.05) is 16.7 Å². The summed E-state index contributed by atoms with van der Waals surface area (Å²) >= 11 is 5.96. The fourth-order valence-electron chi connectivity index (χ4n) is 3.76. The molecular formula is C23H16Cl2N2O5S. The summed E-state index contributed by atoms with van der Waals surface area (Å²) in [5.74, 6) is 0.0630. The van der Waals surface area contributed by atoms with Crippen LogP contribution in [0.4, 0.5) is 0 Å². The summed E-state index contributed by atoms with van der Waals surface area (Å²) in [6.45, 7) is 0. The van der Waals surface area contributed by atoms with Gasteiger partial charge in [-0.05, 0) is 41.3 Å². The monoisotopic (exact) mass is 502 g/mol. The largest absolute Gasteiger partial charge is 0.507 e. The minimum Gasteiger partial charge on any atom is -0.507 e. The molecule has 4 aromatic carbocycles. The van der Waals surface area contributed by atoms with Crippen molar-refractivity contribution in [3.05, 3.63) is 71.8 Å². The summed E-state index contributed by atoms with van der Waals surface area (Å²) in [4.78, 5) is 7.29. The van der Waals surface area contributed by atoms with E-state index in [4.69, 9.17) is 11.6 Å². The lowest BCUT2D eigenvalue weighted by atomic mass is 10.0. The SMILES string of the molecule is Cl.O=S(=O)(O)c1cc(O)c2c(ccc3[nH]c(-c4cccc(-c5ccc(Cl)cc5)c4O)nc32)c1. The predicted octanol–water partition coefficient (Wildman–Crippen LogP) is 5.78. The van der Waals surface area contributed by atoms with Crippen molar-refractivity contribution in [2.24, 2.45) is 0 Å². The average molecular weight is 503 g/mol. The number of rotatable bonds is 3. The molecule has 5 aromatic rings. The molecule has 168 valence electrons. The Kier molecular flexibility index (Phi) is 5.71. The van der Waals surface area contributed by atoms with E-state index in [2.05, 4.69) is 9.97 Å². The fourth-order valence-corrected chi connectivity index (χ4v) is 4.42. The summed E-state index contributed by atoms with van der Waals surface area (Å²) < 4.78 is 32.3. The van der Waals surface area contributed by atoms with Crippen LogP contribution >= 0.6 is 24.0 Å². The number of fused-ring (bicyclic) bond motifs is 3. The van der Waals surface area contributed by atoms with Crippen molar-refractivity contribution in [3.63, 3.8) is 0 Å². The number of para-hydroxylation sites is 1. The fraction of sp³-hybridized carbons (Fsp3) is 0. The van der Waals surface area contributed by atoms with Gasteiger partial charge < -0.3 is 15.2 Å². The molecule has 0 amide bonds. The minimum atomic E-state index is -4.48. The first-order valence-electron chi connectivity index (χ1n) is 9.43. The molecule has 0 atom stereocenters. The molecule has 0 radical (unpaired) electrons. The van der Waals surface area contributed by atoms with Gasteiger partial charge in [-0.2, -0.15) is 8.42 Å². The molecule has 0 spiro atoms. The van der Waals surface area contributed by atoms with Crippen LogP contribution < -0.4 is 0 Å². The van der Waals surface area contributed by atoms with Crippen LogP contribution in [0.15, 0.2) is 71.6 Å². The van der Waals surface area contributed by atoms with E-state index in [0.29, 0.717) is 43.8 Å². The molecule has 0 unspecified atom stereocenters. The van der Waals surface area contributed by atoms with Gasteiger partial charge in [0.25, 0.3) is 10.1 Å². The Morgan fingerprint density at radius 1 is 0.909 bits per heavy atom. The van der Waals surface area contributed by atoms with Crippen LogP contribution in [0.3, 0.4) is 0 Å². The lowest BCUT2D eigenvalue weighted by Crippen LogP contribution is -1.97. The zero-order valence-corrected chi connectivity index (χ0v) is 19.0. The molecule has 4 N–H and O–H groups in total. The van der Waals surface area contributed by atoms with Crippen molar-refractivity contribution in [3.8, 4) is 34.0 Å². The third kappa shape index (κ3) is 3.98. The Morgan fingerprint density at radius 2 is 1.61 bits per heavy atom. The van der Waals surface area contributed by atoms with E-state index in [0.717, 1.165) is 11.6 Å². The van der Waals surface area contributed by atoms with Gasteiger partial charge in [0.2, 0.25) is 0 Å². The smallest absolute Gasteiger partial charge is 0.294 e. The van der Waals surface area contributed by atoms with E-state index in [1.54, 1.807) is 54.6 Å². The van der Waals surface area contributed by atoms with E-state index in [1.807, 2.05) is 0 Å².